The van der Waals surface area contributed by atoms with Crippen molar-refractivity contribution in [3.63, 3.8) is 0 Å². The maximum absolute atomic E-state index is 10.2. The molecule has 0 aromatic heterocycles. The number of hydrogen-bond acceptors (Lipinski definition) is 2. The average Bonchev–Trinajstić information content (AvgIpc) is 2.54. The Bertz CT molecular complexity index is 178. The fourth-order valence-electron chi connectivity index (χ4n) is 0.426. The molecular formula is C21H48O2. The highest BCUT2D eigenvalue weighted by atomic mass is 16.1. The standard InChI is InChI=1S/C6H12O.C4H8O.2C4H10.C3H8/c1-3-4-5-6(2)7;1-3-4(2)5;2*1-3-4-2;1-3-2/h3-5H2,1-2H3;3H2,1-2H3;2*3-4H2,1-2H3;3H2,1-2H3. The van der Waals surface area contributed by atoms with Crippen LogP contribution in [0.3, 0.4) is 0 Å². The summed E-state index contributed by atoms with van der Waals surface area (Å²) in [6.45, 7) is 20.1. The molecule has 23 heavy (non-hydrogen) atoms. The molecule has 0 fully saturated rings. The Morgan fingerprint density at radius 2 is 0.826 bits per heavy atom. The third-order valence-corrected chi connectivity index (χ3v) is 2.38. The van der Waals surface area contributed by atoms with Crippen LogP contribution in [0.1, 0.15) is 127 Å². The number of carbonyl (C=O) groups excluding carboxylic acids is 2. The molecule has 0 N–H and O–H groups in total. The number of Topliss-reactive ketones (excluding diaryl/α,β-unsaturated/α-hetero) is 2. The van der Waals surface area contributed by atoms with Gasteiger partial charge in [-0.25, -0.2) is 0 Å². The zero-order chi connectivity index (χ0) is 19.5. The van der Waals surface area contributed by atoms with E-state index in [1.807, 2.05) is 6.92 Å². The van der Waals surface area contributed by atoms with Crippen LogP contribution >= 0.6 is 0 Å². The Morgan fingerprint density at radius 3 is 0.870 bits per heavy atom. The first-order valence-corrected chi connectivity index (χ1v) is 9.77. The van der Waals surface area contributed by atoms with E-state index in [9.17, 15) is 9.59 Å². The third-order valence-electron chi connectivity index (χ3n) is 2.38. The van der Waals surface area contributed by atoms with E-state index in [4.69, 9.17) is 0 Å². The molecule has 0 radical (unpaired) electrons. The maximum atomic E-state index is 10.2. The van der Waals surface area contributed by atoms with Gasteiger partial charge in [-0.2, -0.15) is 0 Å². The monoisotopic (exact) mass is 332 g/mol. The highest BCUT2D eigenvalue weighted by Gasteiger charge is 1.87. The van der Waals surface area contributed by atoms with E-state index >= 15 is 0 Å². The summed E-state index contributed by atoms with van der Waals surface area (Å²) in [5.74, 6) is 0.562. The first kappa shape index (κ1) is 33.8. The van der Waals surface area contributed by atoms with Crippen LogP contribution in [0.25, 0.3) is 0 Å². The molecule has 0 saturated heterocycles. The molecule has 0 aliphatic heterocycles. The van der Waals surface area contributed by atoms with Crippen molar-refractivity contribution in [1.82, 2.24) is 0 Å². The van der Waals surface area contributed by atoms with Crippen molar-refractivity contribution < 1.29 is 9.59 Å². The molecular weight excluding hydrogens is 284 g/mol. The highest BCUT2D eigenvalue weighted by Crippen LogP contribution is 1.92. The Morgan fingerprint density at radius 1 is 0.565 bits per heavy atom. The summed E-state index contributed by atoms with van der Waals surface area (Å²) in [7, 11) is 0. The van der Waals surface area contributed by atoms with Crippen molar-refractivity contribution in [2.24, 2.45) is 0 Å². The van der Waals surface area contributed by atoms with Gasteiger partial charge in [-0.3, -0.25) is 0 Å². The second-order valence-corrected chi connectivity index (χ2v) is 5.57. The van der Waals surface area contributed by atoms with Gasteiger partial charge in [-0.05, 0) is 20.3 Å². The number of unbranched alkanes of at least 4 members (excludes halogenated alkanes) is 3. The lowest BCUT2D eigenvalue weighted by Gasteiger charge is -1.86. The highest BCUT2D eigenvalue weighted by molar-refractivity contribution is 5.75. The molecule has 0 aliphatic carbocycles. The van der Waals surface area contributed by atoms with Crippen molar-refractivity contribution in [2.45, 2.75) is 127 Å². The number of carbonyl (C=O) groups is 2. The molecule has 0 bridgehead atoms. The predicted molar refractivity (Wildman–Crippen MR) is 108 cm³/mol. The van der Waals surface area contributed by atoms with E-state index in [1.165, 1.54) is 32.1 Å². The Hall–Kier alpha value is -0.660. The number of rotatable bonds is 6. The molecule has 0 saturated carbocycles. The Kier molecular flexibility index (Phi) is 63.2. The van der Waals surface area contributed by atoms with Crippen molar-refractivity contribution >= 4 is 11.6 Å². The maximum Gasteiger partial charge on any atom is 0.129 e. The molecule has 0 aromatic rings. The summed E-state index contributed by atoms with van der Waals surface area (Å²) in [5, 5.41) is 0. The summed E-state index contributed by atoms with van der Waals surface area (Å²) in [6.07, 6.45) is 10.1. The fourth-order valence-corrected chi connectivity index (χ4v) is 0.426. The third kappa shape index (κ3) is 148. The normalized spacial score (nSPS) is 7.74. The van der Waals surface area contributed by atoms with Crippen LogP contribution in [0.5, 0.6) is 0 Å². The molecule has 0 unspecified atom stereocenters. The van der Waals surface area contributed by atoms with E-state index in [0.29, 0.717) is 12.2 Å². The predicted octanol–water partition coefficient (Wildman–Crippen LogP) is 7.78. The average molecular weight is 333 g/mol. The molecule has 0 aromatic carbocycles. The molecule has 0 spiro atoms. The minimum absolute atomic E-state index is 0.255. The topological polar surface area (TPSA) is 34.1 Å². The lowest BCUT2D eigenvalue weighted by Crippen LogP contribution is -1.86. The summed E-state index contributed by atoms with van der Waals surface area (Å²) < 4.78 is 0. The van der Waals surface area contributed by atoms with Crippen molar-refractivity contribution in [3.8, 4) is 0 Å². The van der Waals surface area contributed by atoms with Gasteiger partial charge in [0.1, 0.15) is 11.6 Å². The smallest absolute Gasteiger partial charge is 0.129 e. The minimum atomic E-state index is 0.255. The number of hydrogen-bond donors (Lipinski definition) is 0. The summed E-state index contributed by atoms with van der Waals surface area (Å²) in [5.41, 5.74) is 0. The fraction of sp³-hybridized carbons (Fsp3) is 0.905. The molecule has 2 nitrogen and oxygen atoms in total. The Balaban J connectivity index is -0.0000000608. The Labute approximate surface area is 148 Å². The quantitative estimate of drug-likeness (QED) is 0.497. The minimum Gasteiger partial charge on any atom is -0.300 e. The van der Waals surface area contributed by atoms with Crippen LogP contribution < -0.4 is 0 Å². The number of ketones is 2. The van der Waals surface area contributed by atoms with Gasteiger partial charge in [0.25, 0.3) is 0 Å². The molecule has 2 heteroatoms. The SMILES string of the molecule is CCC.CCC(C)=O.CCCC.CCCC.CCCCC(C)=O. The molecule has 0 atom stereocenters. The molecule has 0 amide bonds. The first-order chi connectivity index (χ1) is 10.8. The van der Waals surface area contributed by atoms with E-state index < -0.39 is 0 Å². The summed E-state index contributed by atoms with van der Waals surface area (Å²) in [6, 6.07) is 0. The zero-order valence-corrected chi connectivity index (χ0v) is 18.2. The molecule has 0 heterocycles. The van der Waals surface area contributed by atoms with Crippen molar-refractivity contribution in [2.75, 3.05) is 0 Å². The largest absolute Gasteiger partial charge is 0.300 e. The molecule has 144 valence electrons. The van der Waals surface area contributed by atoms with E-state index in [-0.39, 0.29) is 5.78 Å². The van der Waals surface area contributed by atoms with Crippen LogP contribution in [0, 0.1) is 0 Å². The van der Waals surface area contributed by atoms with Crippen LogP contribution in [-0.2, 0) is 9.59 Å². The van der Waals surface area contributed by atoms with Gasteiger partial charge in [0.2, 0.25) is 0 Å². The van der Waals surface area contributed by atoms with Gasteiger partial charge in [0.05, 0.1) is 0 Å². The van der Waals surface area contributed by atoms with E-state index in [1.54, 1.807) is 13.8 Å². The summed E-state index contributed by atoms with van der Waals surface area (Å²) >= 11 is 0. The summed E-state index contributed by atoms with van der Waals surface area (Å²) in [4.78, 5) is 20.0. The van der Waals surface area contributed by atoms with Gasteiger partial charge >= 0.3 is 0 Å². The van der Waals surface area contributed by atoms with Crippen LogP contribution in [0.15, 0.2) is 0 Å². The van der Waals surface area contributed by atoms with Gasteiger partial charge in [-0.15, -0.1) is 0 Å². The van der Waals surface area contributed by atoms with Gasteiger partial charge in [0.15, 0.2) is 0 Å². The van der Waals surface area contributed by atoms with Gasteiger partial charge in [0, 0.05) is 12.8 Å². The van der Waals surface area contributed by atoms with Gasteiger partial charge < -0.3 is 9.59 Å². The van der Waals surface area contributed by atoms with Crippen LogP contribution in [-0.4, -0.2) is 11.6 Å². The van der Waals surface area contributed by atoms with Crippen molar-refractivity contribution in [1.29, 1.82) is 0 Å². The van der Waals surface area contributed by atoms with Crippen LogP contribution in [0.2, 0.25) is 0 Å². The van der Waals surface area contributed by atoms with Crippen LogP contribution in [0.4, 0.5) is 0 Å². The zero-order valence-electron chi connectivity index (χ0n) is 18.2. The van der Waals surface area contributed by atoms with Crippen molar-refractivity contribution in [3.05, 3.63) is 0 Å². The first-order valence-electron chi connectivity index (χ1n) is 9.77. The molecule has 0 rings (SSSR count). The second kappa shape index (κ2) is 42.9. The van der Waals surface area contributed by atoms with E-state index in [0.717, 1.165) is 19.3 Å². The van der Waals surface area contributed by atoms with Gasteiger partial charge in [-0.1, -0.05) is 93.9 Å². The van der Waals surface area contributed by atoms with E-state index in [2.05, 4.69) is 48.5 Å². The lowest BCUT2D eigenvalue weighted by molar-refractivity contribution is -0.117. The lowest BCUT2D eigenvalue weighted by atomic mass is 10.2. The molecule has 0 aliphatic rings. The second-order valence-electron chi connectivity index (χ2n) is 5.57.